The first-order chi connectivity index (χ1) is 9.11. The summed E-state index contributed by atoms with van der Waals surface area (Å²) >= 11 is 0. The number of aliphatic hydroxyl groups is 1. The fourth-order valence-corrected chi connectivity index (χ4v) is 4.22. The molecule has 0 radical (unpaired) electrons. The highest BCUT2D eigenvalue weighted by Crippen LogP contribution is 2.30. The van der Waals surface area contributed by atoms with Crippen molar-refractivity contribution in [1.82, 2.24) is 4.31 Å². The molecular weight excluding hydrogens is 266 g/mol. The standard InChI is InChI=1S/C13H17NO4S/c15-9-10-3-5-14(8-10)19(16,17)12-1-2-13-11(7-12)4-6-18-13/h1-2,7,10,15H,3-6,8-9H2. The Kier molecular flexibility index (Phi) is 3.24. The minimum Gasteiger partial charge on any atom is -0.493 e. The van der Waals surface area contributed by atoms with E-state index in [1.54, 1.807) is 18.2 Å². The molecule has 0 saturated carbocycles. The third kappa shape index (κ3) is 2.24. The SMILES string of the molecule is O=S(=O)(c1ccc2c(c1)CCO2)N1CCC(CO)C1. The molecule has 2 heterocycles. The number of hydrogen-bond acceptors (Lipinski definition) is 4. The van der Waals surface area contributed by atoms with Crippen LogP contribution in [-0.4, -0.2) is 44.1 Å². The Hall–Kier alpha value is -1.11. The predicted octanol–water partition coefficient (Wildman–Crippen LogP) is 0.624. The van der Waals surface area contributed by atoms with Crippen molar-refractivity contribution < 1.29 is 18.3 Å². The van der Waals surface area contributed by atoms with Gasteiger partial charge in [-0.1, -0.05) is 0 Å². The molecule has 1 aromatic carbocycles. The van der Waals surface area contributed by atoms with Gasteiger partial charge in [0.2, 0.25) is 10.0 Å². The van der Waals surface area contributed by atoms with Gasteiger partial charge in [-0.15, -0.1) is 0 Å². The Labute approximate surface area is 112 Å². The van der Waals surface area contributed by atoms with Crippen LogP contribution in [0.5, 0.6) is 5.75 Å². The maximum absolute atomic E-state index is 12.5. The molecule has 2 aliphatic heterocycles. The maximum atomic E-state index is 12.5. The van der Waals surface area contributed by atoms with Gasteiger partial charge in [0.25, 0.3) is 0 Å². The summed E-state index contributed by atoms with van der Waals surface area (Å²) in [4.78, 5) is 0.329. The summed E-state index contributed by atoms with van der Waals surface area (Å²) in [5.41, 5.74) is 0.957. The monoisotopic (exact) mass is 283 g/mol. The molecule has 1 N–H and O–H groups in total. The largest absolute Gasteiger partial charge is 0.493 e. The van der Waals surface area contributed by atoms with Crippen LogP contribution >= 0.6 is 0 Å². The van der Waals surface area contributed by atoms with Gasteiger partial charge in [0, 0.05) is 26.1 Å². The average Bonchev–Trinajstić information content (AvgIpc) is 3.06. The lowest BCUT2D eigenvalue weighted by Gasteiger charge is -2.16. The first-order valence-electron chi connectivity index (χ1n) is 6.48. The van der Waals surface area contributed by atoms with E-state index in [-0.39, 0.29) is 12.5 Å². The Balaban J connectivity index is 1.88. The zero-order valence-corrected chi connectivity index (χ0v) is 11.4. The molecule has 1 atom stereocenters. The zero-order chi connectivity index (χ0) is 13.5. The van der Waals surface area contributed by atoms with Crippen molar-refractivity contribution in [2.24, 2.45) is 5.92 Å². The van der Waals surface area contributed by atoms with Gasteiger partial charge < -0.3 is 9.84 Å². The van der Waals surface area contributed by atoms with Crippen LogP contribution in [0.15, 0.2) is 23.1 Å². The minimum absolute atomic E-state index is 0.0457. The second-order valence-corrected chi connectivity index (χ2v) is 7.01. The summed E-state index contributed by atoms with van der Waals surface area (Å²) < 4.78 is 31.8. The number of sulfonamides is 1. The number of fused-ring (bicyclic) bond motifs is 1. The maximum Gasteiger partial charge on any atom is 0.243 e. The van der Waals surface area contributed by atoms with E-state index in [2.05, 4.69) is 0 Å². The fraction of sp³-hybridized carbons (Fsp3) is 0.538. The molecule has 2 aliphatic rings. The third-order valence-electron chi connectivity index (χ3n) is 3.81. The minimum atomic E-state index is -3.44. The highest BCUT2D eigenvalue weighted by atomic mass is 32.2. The molecule has 1 unspecified atom stereocenters. The third-order valence-corrected chi connectivity index (χ3v) is 5.67. The van der Waals surface area contributed by atoms with Crippen molar-refractivity contribution in [2.75, 3.05) is 26.3 Å². The summed E-state index contributed by atoms with van der Waals surface area (Å²) in [7, 11) is -3.44. The molecule has 104 valence electrons. The molecule has 0 bridgehead atoms. The quantitative estimate of drug-likeness (QED) is 0.883. The lowest BCUT2D eigenvalue weighted by molar-refractivity contribution is 0.233. The number of nitrogens with zero attached hydrogens (tertiary/aromatic N) is 1. The van der Waals surface area contributed by atoms with E-state index in [9.17, 15) is 8.42 Å². The number of aliphatic hydroxyl groups excluding tert-OH is 1. The number of benzene rings is 1. The second kappa shape index (κ2) is 4.77. The molecule has 0 amide bonds. The number of rotatable bonds is 3. The smallest absolute Gasteiger partial charge is 0.243 e. The molecule has 0 spiro atoms. The van der Waals surface area contributed by atoms with E-state index >= 15 is 0 Å². The van der Waals surface area contributed by atoms with Gasteiger partial charge in [-0.05, 0) is 36.1 Å². The lowest BCUT2D eigenvalue weighted by atomic mass is 10.1. The first-order valence-corrected chi connectivity index (χ1v) is 7.92. The summed E-state index contributed by atoms with van der Waals surface area (Å²) in [6, 6.07) is 5.05. The van der Waals surface area contributed by atoms with Gasteiger partial charge in [-0.2, -0.15) is 4.31 Å². The first kappa shape index (κ1) is 12.9. The molecule has 1 aromatic rings. The molecule has 0 aliphatic carbocycles. The van der Waals surface area contributed by atoms with E-state index in [4.69, 9.17) is 9.84 Å². The number of ether oxygens (including phenoxy) is 1. The van der Waals surface area contributed by atoms with Gasteiger partial charge >= 0.3 is 0 Å². The molecule has 1 fully saturated rings. The molecule has 0 aromatic heterocycles. The van der Waals surface area contributed by atoms with Gasteiger partial charge in [-0.25, -0.2) is 8.42 Å². The van der Waals surface area contributed by atoms with Crippen LogP contribution in [0.25, 0.3) is 0 Å². The highest BCUT2D eigenvalue weighted by molar-refractivity contribution is 7.89. The predicted molar refractivity (Wildman–Crippen MR) is 69.6 cm³/mol. The summed E-state index contributed by atoms with van der Waals surface area (Å²) in [6.07, 6.45) is 1.49. The fourth-order valence-electron chi connectivity index (χ4n) is 2.64. The molecule has 19 heavy (non-hydrogen) atoms. The van der Waals surface area contributed by atoms with Crippen LogP contribution in [0.2, 0.25) is 0 Å². The van der Waals surface area contributed by atoms with Gasteiger partial charge in [0.1, 0.15) is 5.75 Å². The van der Waals surface area contributed by atoms with Gasteiger partial charge in [0.15, 0.2) is 0 Å². The van der Waals surface area contributed by atoms with Gasteiger partial charge in [0.05, 0.1) is 11.5 Å². The lowest BCUT2D eigenvalue weighted by Crippen LogP contribution is -2.29. The zero-order valence-electron chi connectivity index (χ0n) is 10.6. The van der Waals surface area contributed by atoms with Crippen LogP contribution in [0, 0.1) is 5.92 Å². The molecule has 6 heteroatoms. The summed E-state index contributed by atoms with van der Waals surface area (Å²) in [6.45, 7) is 1.56. The Morgan fingerprint density at radius 1 is 1.42 bits per heavy atom. The van der Waals surface area contributed by atoms with Crippen molar-refractivity contribution in [1.29, 1.82) is 0 Å². The highest BCUT2D eigenvalue weighted by Gasteiger charge is 2.32. The van der Waals surface area contributed by atoms with E-state index in [1.807, 2.05) is 0 Å². The van der Waals surface area contributed by atoms with Crippen LogP contribution < -0.4 is 4.74 Å². The summed E-state index contributed by atoms with van der Waals surface area (Å²) in [5, 5.41) is 9.11. The topological polar surface area (TPSA) is 66.8 Å². The van der Waals surface area contributed by atoms with E-state index in [0.29, 0.717) is 24.6 Å². The molecule has 3 rings (SSSR count). The van der Waals surface area contributed by atoms with Crippen LogP contribution in [0.1, 0.15) is 12.0 Å². The number of hydrogen-bond donors (Lipinski definition) is 1. The van der Waals surface area contributed by atoms with Crippen molar-refractivity contribution in [3.63, 3.8) is 0 Å². The van der Waals surface area contributed by atoms with E-state index < -0.39 is 10.0 Å². The Morgan fingerprint density at radius 2 is 2.26 bits per heavy atom. The molecular formula is C13H17NO4S. The average molecular weight is 283 g/mol. The van der Waals surface area contributed by atoms with Crippen molar-refractivity contribution in [3.05, 3.63) is 23.8 Å². The van der Waals surface area contributed by atoms with Crippen LogP contribution in [0.3, 0.4) is 0 Å². The van der Waals surface area contributed by atoms with Crippen molar-refractivity contribution >= 4 is 10.0 Å². The van der Waals surface area contributed by atoms with Crippen molar-refractivity contribution in [2.45, 2.75) is 17.7 Å². The second-order valence-electron chi connectivity index (χ2n) is 5.07. The van der Waals surface area contributed by atoms with Gasteiger partial charge in [-0.3, -0.25) is 0 Å². The van der Waals surface area contributed by atoms with Crippen molar-refractivity contribution in [3.8, 4) is 5.75 Å². The Morgan fingerprint density at radius 3 is 3.00 bits per heavy atom. The molecule has 5 nitrogen and oxygen atoms in total. The Bertz CT molecular complexity index is 584. The molecule has 1 saturated heterocycles. The van der Waals surface area contributed by atoms with Crippen LogP contribution in [0.4, 0.5) is 0 Å². The van der Waals surface area contributed by atoms with E-state index in [1.165, 1.54) is 4.31 Å². The van der Waals surface area contributed by atoms with Crippen LogP contribution in [-0.2, 0) is 16.4 Å². The van der Waals surface area contributed by atoms with E-state index in [0.717, 1.165) is 24.2 Å². The normalized spacial score (nSPS) is 23.3. The summed E-state index contributed by atoms with van der Waals surface area (Å²) in [5.74, 6) is 0.848.